The first-order chi connectivity index (χ1) is 15.6. The number of nitrogens with zero attached hydrogens (tertiary/aromatic N) is 2. The number of hydrogen-bond donors (Lipinski definition) is 3. The molecule has 7 nitrogen and oxygen atoms in total. The first-order valence-electron chi connectivity index (χ1n) is 10.8. The average Bonchev–Trinajstić information content (AvgIpc) is 3.23. The van der Waals surface area contributed by atoms with E-state index < -0.39 is 34.9 Å². The van der Waals surface area contributed by atoms with Crippen molar-refractivity contribution in [2.45, 2.75) is 67.8 Å². The number of fused-ring (bicyclic) bond motifs is 1. The molecule has 0 radical (unpaired) electrons. The number of aromatic amines is 1. The van der Waals surface area contributed by atoms with Crippen molar-refractivity contribution in [3.8, 4) is 0 Å². The smallest absolute Gasteiger partial charge is 0.408 e. The molecule has 1 aromatic carbocycles. The number of rotatable bonds is 5. The Morgan fingerprint density at radius 3 is 2.67 bits per heavy atom. The molecule has 1 aliphatic heterocycles. The Hall–Kier alpha value is -2.50. The van der Waals surface area contributed by atoms with E-state index in [2.05, 4.69) is 15.3 Å². The van der Waals surface area contributed by atoms with E-state index in [1.54, 1.807) is 6.07 Å². The third-order valence-corrected chi connectivity index (χ3v) is 7.51. The maximum absolute atomic E-state index is 14.6. The quantitative estimate of drug-likeness (QED) is 0.527. The third-order valence-electron chi connectivity index (χ3n) is 6.17. The Morgan fingerprint density at radius 2 is 2.00 bits per heavy atom. The molecule has 2 fully saturated rings. The van der Waals surface area contributed by atoms with Gasteiger partial charge in [0.1, 0.15) is 23.1 Å². The van der Waals surface area contributed by atoms with E-state index in [0.29, 0.717) is 10.6 Å². The average molecular weight is 489 g/mol. The number of amides is 1. The van der Waals surface area contributed by atoms with Gasteiger partial charge in [-0.15, -0.1) is 0 Å². The fraction of sp³-hybridized carbons (Fsp3) is 0.571. The molecule has 33 heavy (non-hydrogen) atoms. The second-order valence-corrected chi connectivity index (χ2v) is 9.77. The molecule has 1 saturated heterocycles. The lowest BCUT2D eigenvalue weighted by molar-refractivity contribution is -0.184. The van der Waals surface area contributed by atoms with Crippen LogP contribution in [0.25, 0.3) is 10.9 Å². The fourth-order valence-corrected chi connectivity index (χ4v) is 5.67. The topological polar surface area (TPSA) is 98.3 Å². The van der Waals surface area contributed by atoms with Gasteiger partial charge in [0.25, 0.3) is 5.56 Å². The Balaban J connectivity index is 1.49. The number of likely N-dealkylation sites (tertiary alicyclic amines) is 1. The van der Waals surface area contributed by atoms with E-state index in [0.717, 1.165) is 25.7 Å². The van der Waals surface area contributed by atoms with Crippen LogP contribution >= 0.6 is 11.8 Å². The summed E-state index contributed by atoms with van der Waals surface area (Å²) in [5.41, 5.74) is 0.0794. The summed E-state index contributed by atoms with van der Waals surface area (Å²) in [4.78, 5) is 30.9. The van der Waals surface area contributed by atoms with Crippen LogP contribution in [0.1, 0.15) is 44.3 Å². The summed E-state index contributed by atoms with van der Waals surface area (Å²) >= 11 is 1.17. The molecule has 2 aliphatic rings. The van der Waals surface area contributed by atoms with Crippen molar-refractivity contribution in [1.29, 1.82) is 0 Å². The van der Waals surface area contributed by atoms with E-state index >= 15 is 0 Å². The zero-order valence-corrected chi connectivity index (χ0v) is 18.4. The zero-order chi connectivity index (χ0) is 23.8. The number of halogens is 4. The standard InChI is InChI=1S/C21H24F4N4O3S/c22-14-7-12(26-11-3-1-2-4-11)8-15-18(14)19(30)28-17(27-15)10-33-13-5-6-29(20(31)32)16(9-13)21(23,24)25/h7-8,11,13,16,26H,1-6,9-10H2,(H,31,32)(H,27,28,30)/t13-,16+/m1/s1. The van der Waals surface area contributed by atoms with Gasteiger partial charge >= 0.3 is 12.3 Å². The lowest BCUT2D eigenvalue weighted by Crippen LogP contribution is -2.53. The number of carbonyl (C=O) groups is 1. The Bertz CT molecular complexity index is 1090. The molecule has 1 amide bonds. The van der Waals surface area contributed by atoms with Crippen molar-refractivity contribution in [2.75, 3.05) is 11.9 Å². The van der Waals surface area contributed by atoms with Crippen LogP contribution in [-0.4, -0.2) is 56.1 Å². The van der Waals surface area contributed by atoms with Crippen LogP contribution in [-0.2, 0) is 5.75 Å². The Labute approximate surface area is 190 Å². The third kappa shape index (κ3) is 5.36. The number of benzene rings is 1. The number of aromatic nitrogens is 2. The van der Waals surface area contributed by atoms with E-state index in [1.165, 1.54) is 17.8 Å². The van der Waals surface area contributed by atoms with E-state index in [1.807, 2.05) is 0 Å². The molecule has 2 heterocycles. The summed E-state index contributed by atoms with van der Waals surface area (Å²) in [7, 11) is 0. The molecular formula is C21H24F4N4O3S. The van der Waals surface area contributed by atoms with Gasteiger partial charge in [-0.2, -0.15) is 24.9 Å². The molecular weight excluding hydrogens is 464 g/mol. The van der Waals surface area contributed by atoms with Gasteiger partial charge in [0.15, 0.2) is 0 Å². The highest BCUT2D eigenvalue weighted by atomic mass is 32.2. The highest BCUT2D eigenvalue weighted by molar-refractivity contribution is 7.99. The summed E-state index contributed by atoms with van der Waals surface area (Å²) < 4.78 is 54.5. The van der Waals surface area contributed by atoms with Crippen LogP contribution in [0, 0.1) is 5.82 Å². The number of anilines is 1. The molecule has 12 heteroatoms. The predicted molar refractivity (Wildman–Crippen MR) is 117 cm³/mol. The fourth-order valence-electron chi connectivity index (χ4n) is 4.55. The monoisotopic (exact) mass is 488 g/mol. The summed E-state index contributed by atoms with van der Waals surface area (Å²) in [6, 6.07) is 1.07. The number of carboxylic acid groups (broad SMARTS) is 1. The molecule has 180 valence electrons. The Morgan fingerprint density at radius 1 is 1.27 bits per heavy atom. The molecule has 2 atom stereocenters. The van der Waals surface area contributed by atoms with Gasteiger partial charge in [-0.05, 0) is 37.8 Å². The number of nitrogens with one attached hydrogen (secondary N) is 2. The molecule has 1 saturated carbocycles. The highest BCUT2D eigenvalue weighted by Gasteiger charge is 2.48. The van der Waals surface area contributed by atoms with Gasteiger partial charge in [0.2, 0.25) is 0 Å². The Kier molecular flexibility index (Phi) is 6.73. The number of piperidine rings is 1. The van der Waals surface area contributed by atoms with E-state index in [-0.39, 0.29) is 47.9 Å². The number of H-pyrrole nitrogens is 1. The van der Waals surface area contributed by atoms with Crippen LogP contribution in [0.15, 0.2) is 16.9 Å². The normalized spacial score (nSPS) is 22.1. The van der Waals surface area contributed by atoms with Gasteiger partial charge in [-0.1, -0.05) is 12.8 Å². The van der Waals surface area contributed by atoms with Crippen molar-refractivity contribution < 1.29 is 27.5 Å². The van der Waals surface area contributed by atoms with Crippen molar-refractivity contribution in [3.63, 3.8) is 0 Å². The van der Waals surface area contributed by atoms with Gasteiger partial charge in [-0.3, -0.25) is 9.69 Å². The number of hydrogen-bond acceptors (Lipinski definition) is 5. The minimum atomic E-state index is -4.66. The number of thioether (sulfide) groups is 1. The van der Waals surface area contributed by atoms with Crippen molar-refractivity contribution in [1.82, 2.24) is 14.9 Å². The van der Waals surface area contributed by atoms with E-state index in [4.69, 9.17) is 5.11 Å². The second kappa shape index (κ2) is 9.40. The molecule has 3 N–H and O–H groups in total. The maximum Gasteiger partial charge on any atom is 0.408 e. The molecule has 1 aliphatic carbocycles. The van der Waals surface area contributed by atoms with Crippen LogP contribution in [0.4, 0.5) is 28.0 Å². The molecule has 0 unspecified atom stereocenters. The minimum Gasteiger partial charge on any atom is -0.465 e. The zero-order valence-electron chi connectivity index (χ0n) is 17.6. The molecule has 0 spiro atoms. The lowest BCUT2D eigenvalue weighted by atomic mass is 10.0. The largest absolute Gasteiger partial charge is 0.465 e. The van der Waals surface area contributed by atoms with Gasteiger partial charge in [0.05, 0.1) is 11.3 Å². The molecule has 0 bridgehead atoms. The minimum absolute atomic E-state index is 0.120. The molecule has 2 aromatic rings. The first kappa shape index (κ1) is 23.7. The van der Waals surface area contributed by atoms with Gasteiger partial charge in [-0.25, -0.2) is 14.2 Å². The van der Waals surface area contributed by atoms with Crippen molar-refractivity contribution in [3.05, 3.63) is 34.1 Å². The summed E-state index contributed by atoms with van der Waals surface area (Å²) in [6.07, 6.45) is -2.18. The lowest BCUT2D eigenvalue weighted by Gasteiger charge is -2.38. The molecule has 4 rings (SSSR count). The summed E-state index contributed by atoms with van der Waals surface area (Å²) in [5, 5.41) is 11.7. The summed E-state index contributed by atoms with van der Waals surface area (Å²) in [5.74, 6) is -0.329. The SMILES string of the molecule is O=C(O)N1CC[C@@H](SCc2nc3cc(NC4CCCC4)cc(F)c3c(=O)[nH]2)C[C@H]1C(F)(F)F. The van der Waals surface area contributed by atoms with Gasteiger partial charge in [0, 0.05) is 23.5 Å². The van der Waals surface area contributed by atoms with E-state index in [9.17, 15) is 27.2 Å². The highest BCUT2D eigenvalue weighted by Crippen LogP contribution is 2.37. The predicted octanol–water partition coefficient (Wildman–Crippen LogP) is 4.72. The summed E-state index contributed by atoms with van der Waals surface area (Å²) in [6.45, 7) is -0.222. The van der Waals surface area contributed by atoms with Crippen LogP contribution in [0.3, 0.4) is 0 Å². The number of alkyl halides is 3. The van der Waals surface area contributed by atoms with Crippen molar-refractivity contribution >= 4 is 34.4 Å². The van der Waals surface area contributed by atoms with Crippen molar-refractivity contribution in [2.24, 2.45) is 0 Å². The van der Waals surface area contributed by atoms with Crippen LogP contribution < -0.4 is 10.9 Å². The molecule has 1 aromatic heterocycles. The van der Waals surface area contributed by atoms with Gasteiger partial charge < -0.3 is 15.4 Å². The van der Waals surface area contributed by atoms with Crippen LogP contribution in [0.5, 0.6) is 0 Å². The second-order valence-electron chi connectivity index (χ2n) is 8.48. The van der Waals surface area contributed by atoms with Crippen LogP contribution in [0.2, 0.25) is 0 Å². The maximum atomic E-state index is 14.6. The first-order valence-corrected chi connectivity index (χ1v) is 11.8.